The second kappa shape index (κ2) is 11.9. The predicted octanol–water partition coefficient (Wildman–Crippen LogP) is 6.73. The minimum Gasteiger partial charge on any atom is -0.507 e. The van der Waals surface area contributed by atoms with E-state index in [1.807, 2.05) is 0 Å². The van der Waals surface area contributed by atoms with Crippen molar-refractivity contribution in [2.45, 2.75) is 39.5 Å². The number of nitrogens with two attached hydrogens (primary N) is 2. The molecule has 4 aromatic carbocycles. The third kappa shape index (κ3) is 5.11. The smallest absolute Gasteiger partial charge is 0.200 e. The lowest BCUT2D eigenvalue weighted by atomic mass is 9.78. The standard InChI is InChI=1S/C34H34N2O6/c1-3-5-15-41-21-11-7-19(8-12-21)23-17-25(37)27-29(31(23)35)33(39)28-26(38)18-24(32(36)30(28)34(27)40)20-9-13-22(14-10-20)42-16-6-4-2/h7-14,17-18,37-38H,3-6,15-16,35-36H2,1-2H3. The normalized spacial score (nSPS) is 12.1. The fourth-order valence-electron chi connectivity index (χ4n) is 5.16. The van der Waals surface area contributed by atoms with Gasteiger partial charge in [-0.05, 0) is 60.4 Å². The van der Waals surface area contributed by atoms with Gasteiger partial charge in [0.2, 0.25) is 11.6 Å². The number of nitrogen functional groups attached to an aromatic ring is 2. The van der Waals surface area contributed by atoms with Crippen LogP contribution in [0.4, 0.5) is 11.4 Å². The maximum Gasteiger partial charge on any atom is 0.200 e. The Hall–Kier alpha value is -4.98. The molecular weight excluding hydrogens is 532 g/mol. The van der Waals surface area contributed by atoms with E-state index < -0.39 is 23.1 Å². The molecule has 0 bridgehead atoms. The zero-order valence-corrected chi connectivity index (χ0v) is 23.7. The summed E-state index contributed by atoms with van der Waals surface area (Å²) in [7, 11) is 0. The van der Waals surface area contributed by atoms with Crippen LogP contribution in [0.3, 0.4) is 0 Å². The zero-order chi connectivity index (χ0) is 30.0. The molecule has 0 saturated heterocycles. The van der Waals surface area contributed by atoms with Gasteiger partial charge in [0.25, 0.3) is 0 Å². The molecule has 1 aliphatic carbocycles. The molecular formula is C34H34N2O6. The van der Waals surface area contributed by atoms with Crippen molar-refractivity contribution in [1.82, 2.24) is 0 Å². The maximum atomic E-state index is 13.8. The topological polar surface area (TPSA) is 145 Å². The van der Waals surface area contributed by atoms with Crippen LogP contribution < -0.4 is 20.9 Å². The van der Waals surface area contributed by atoms with Crippen molar-refractivity contribution in [2.75, 3.05) is 24.7 Å². The van der Waals surface area contributed by atoms with Gasteiger partial charge >= 0.3 is 0 Å². The van der Waals surface area contributed by atoms with Crippen LogP contribution >= 0.6 is 0 Å². The molecule has 0 amide bonds. The number of rotatable bonds is 10. The molecule has 0 aliphatic heterocycles. The molecule has 0 aromatic heterocycles. The van der Waals surface area contributed by atoms with Crippen LogP contribution in [0.2, 0.25) is 0 Å². The summed E-state index contributed by atoms with van der Waals surface area (Å²) in [5.41, 5.74) is 14.2. The van der Waals surface area contributed by atoms with Gasteiger partial charge in [0, 0.05) is 11.1 Å². The van der Waals surface area contributed by atoms with Crippen molar-refractivity contribution >= 4 is 22.9 Å². The van der Waals surface area contributed by atoms with Crippen molar-refractivity contribution in [3.05, 3.63) is 82.9 Å². The second-order valence-electron chi connectivity index (χ2n) is 10.3. The van der Waals surface area contributed by atoms with Gasteiger partial charge in [0.1, 0.15) is 23.0 Å². The Morgan fingerprint density at radius 3 is 1.29 bits per heavy atom. The van der Waals surface area contributed by atoms with Crippen molar-refractivity contribution in [1.29, 1.82) is 0 Å². The average Bonchev–Trinajstić information content (AvgIpc) is 2.99. The van der Waals surface area contributed by atoms with E-state index >= 15 is 0 Å². The van der Waals surface area contributed by atoms with Crippen LogP contribution in [0.15, 0.2) is 60.7 Å². The molecule has 0 atom stereocenters. The van der Waals surface area contributed by atoms with E-state index in [-0.39, 0.29) is 33.6 Å². The Bertz CT molecular complexity index is 1530. The number of carbonyl (C=O) groups excluding carboxylic acids is 2. The maximum absolute atomic E-state index is 13.8. The number of unbranched alkanes of at least 4 members (excludes halogenated alkanes) is 2. The Kier molecular flexibility index (Phi) is 8.06. The lowest BCUT2D eigenvalue weighted by Crippen LogP contribution is -2.24. The molecule has 8 nitrogen and oxygen atoms in total. The fourth-order valence-corrected chi connectivity index (χ4v) is 5.16. The third-order valence-electron chi connectivity index (χ3n) is 7.47. The Balaban J connectivity index is 1.53. The third-order valence-corrected chi connectivity index (χ3v) is 7.47. The summed E-state index contributed by atoms with van der Waals surface area (Å²) in [6.07, 6.45) is 3.90. The molecule has 0 radical (unpaired) electrons. The van der Waals surface area contributed by atoms with E-state index in [1.54, 1.807) is 48.5 Å². The summed E-state index contributed by atoms with van der Waals surface area (Å²) in [5.74, 6) is -0.821. The van der Waals surface area contributed by atoms with Crippen LogP contribution in [0.25, 0.3) is 22.3 Å². The highest BCUT2D eigenvalue weighted by molar-refractivity contribution is 6.34. The van der Waals surface area contributed by atoms with Crippen molar-refractivity contribution < 1.29 is 29.3 Å². The number of aromatic hydroxyl groups is 2. The largest absolute Gasteiger partial charge is 0.507 e. The molecule has 0 heterocycles. The summed E-state index contributed by atoms with van der Waals surface area (Å²) in [6.45, 7) is 5.36. The fraction of sp³-hybridized carbons (Fsp3) is 0.235. The minimum atomic E-state index is -0.691. The number of anilines is 2. The molecule has 1 aliphatic rings. The molecule has 216 valence electrons. The van der Waals surface area contributed by atoms with E-state index in [4.69, 9.17) is 20.9 Å². The Morgan fingerprint density at radius 1 is 0.595 bits per heavy atom. The highest BCUT2D eigenvalue weighted by Crippen LogP contribution is 2.47. The van der Waals surface area contributed by atoms with Gasteiger partial charge in [-0.2, -0.15) is 0 Å². The van der Waals surface area contributed by atoms with E-state index in [1.165, 1.54) is 12.1 Å². The first-order valence-electron chi connectivity index (χ1n) is 14.1. The number of benzene rings is 4. The Labute approximate surface area is 244 Å². The molecule has 42 heavy (non-hydrogen) atoms. The predicted molar refractivity (Wildman–Crippen MR) is 164 cm³/mol. The SMILES string of the molecule is CCCCOc1ccc(-c2cc(O)c3c(c2N)C(=O)c2c(O)cc(-c4ccc(OCCCC)cc4)c(N)c2C3=O)cc1. The van der Waals surface area contributed by atoms with Gasteiger partial charge in [0.15, 0.2) is 0 Å². The summed E-state index contributed by atoms with van der Waals surface area (Å²) in [4.78, 5) is 27.6. The number of phenols is 2. The number of hydrogen-bond donors (Lipinski definition) is 4. The van der Waals surface area contributed by atoms with Crippen molar-refractivity contribution in [3.63, 3.8) is 0 Å². The molecule has 0 spiro atoms. The van der Waals surface area contributed by atoms with Gasteiger partial charge in [-0.1, -0.05) is 51.0 Å². The van der Waals surface area contributed by atoms with Gasteiger partial charge in [-0.25, -0.2) is 0 Å². The molecule has 0 saturated carbocycles. The number of carbonyl (C=O) groups is 2. The molecule has 0 fully saturated rings. The van der Waals surface area contributed by atoms with Crippen LogP contribution in [0.1, 0.15) is 71.4 Å². The molecule has 0 unspecified atom stereocenters. The van der Waals surface area contributed by atoms with Gasteiger partial charge in [0.05, 0.1) is 46.8 Å². The highest BCUT2D eigenvalue weighted by atomic mass is 16.5. The van der Waals surface area contributed by atoms with Crippen molar-refractivity contribution in [3.8, 4) is 45.3 Å². The number of fused-ring (bicyclic) bond motifs is 2. The monoisotopic (exact) mass is 566 g/mol. The second-order valence-corrected chi connectivity index (χ2v) is 10.3. The lowest BCUT2D eigenvalue weighted by molar-refractivity contribution is 0.0975. The number of hydrogen-bond acceptors (Lipinski definition) is 8. The average molecular weight is 567 g/mol. The first-order chi connectivity index (χ1) is 20.3. The van der Waals surface area contributed by atoms with Crippen molar-refractivity contribution in [2.24, 2.45) is 0 Å². The van der Waals surface area contributed by atoms with E-state index in [0.717, 1.165) is 25.7 Å². The van der Waals surface area contributed by atoms with Crippen LogP contribution in [0.5, 0.6) is 23.0 Å². The number of ketones is 2. The summed E-state index contributed by atoms with van der Waals surface area (Å²) >= 11 is 0. The molecule has 6 N–H and O–H groups in total. The minimum absolute atomic E-state index is 0.0205. The van der Waals surface area contributed by atoms with E-state index in [0.29, 0.717) is 47.0 Å². The first-order valence-corrected chi connectivity index (χ1v) is 14.1. The summed E-state index contributed by atoms with van der Waals surface area (Å²) in [6, 6.07) is 16.9. The Morgan fingerprint density at radius 2 is 0.952 bits per heavy atom. The molecule has 5 rings (SSSR count). The van der Waals surface area contributed by atoms with E-state index in [9.17, 15) is 19.8 Å². The lowest BCUT2D eigenvalue weighted by Gasteiger charge is -2.25. The number of phenolic OH excluding ortho intramolecular Hbond substituents is 2. The summed E-state index contributed by atoms with van der Waals surface area (Å²) < 4.78 is 11.4. The van der Waals surface area contributed by atoms with Gasteiger partial charge < -0.3 is 31.2 Å². The highest BCUT2D eigenvalue weighted by Gasteiger charge is 2.39. The van der Waals surface area contributed by atoms with E-state index in [2.05, 4.69) is 13.8 Å². The van der Waals surface area contributed by atoms with Crippen LogP contribution in [0, 0.1) is 0 Å². The molecule has 8 heteroatoms. The van der Waals surface area contributed by atoms with Crippen LogP contribution in [-0.2, 0) is 0 Å². The number of ether oxygens (including phenoxy) is 2. The summed E-state index contributed by atoms with van der Waals surface area (Å²) in [5, 5.41) is 22.1. The van der Waals surface area contributed by atoms with Gasteiger partial charge in [-0.3, -0.25) is 9.59 Å². The van der Waals surface area contributed by atoms with Gasteiger partial charge in [-0.15, -0.1) is 0 Å². The molecule has 4 aromatic rings. The zero-order valence-electron chi connectivity index (χ0n) is 23.7. The van der Waals surface area contributed by atoms with Crippen LogP contribution in [-0.4, -0.2) is 35.0 Å². The first kappa shape index (κ1) is 28.5. The quantitative estimate of drug-likeness (QED) is 0.0827.